The van der Waals surface area contributed by atoms with Crippen LogP contribution in [0.3, 0.4) is 0 Å². The number of anilines is 1. The molecule has 2 aromatic heterocycles. The molecule has 2 heterocycles. The van der Waals surface area contributed by atoms with E-state index in [-0.39, 0.29) is 5.82 Å². The third kappa shape index (κ3) is 2.25. The van der Waals surface area contributed by atoms with E-state index in [9.17, 15) is 0 Å². The van der Waals surface area contributed by atoms with Crippen molar-refractivity contribution in [1.29, 1.82) is 0 Å². The lowest BCUT2D eigenvalue weighted by atomic mass is 10.5. The fraction of sp³-hybridized carbons (Fsp3) is 0.333. The summed E-state index contributed by atoms with van der Waals surface area (Å²) in [5, 5.41) is 13.6. The maximum absolute atomic E-state index is 6.06. The smallest absolute Gasteiger partial charge is 0.215 e. The Morgan fingerprint density at radius 2 is 2.11 bits per heavy atom. The summed E-state index contributed by atoms with van der Waals surface area (Å²) in [5.74, 6) is 0.244. The molecule has 0 amide bonds. The third-order valence-corrected chi connectivity index (χ3v) is 4.13. The summed E-state index contributed by atoms with van der Waals surface area (Å²) in [5.41, 5.74) is 5.66. The summed E-state index contributed by atoms with van der Waals surface area (Å²) < 4.78 is 1.79. The number of tetrazole rings is 1. The molecule has 0 spiro atoms. The van der Waals surface area contributed by atoms with E-state index < -0.39 is 0 Å². The van der Waals surface area contributed by atoms with Crippen LogP contribution in [-0.4, -0.2) is 25.2 Å². The van der Waals surface area contributed by atoms with E-state index in [1.165, 1.54) is 11.8 Å². The molecule has 3 rings (SSSR count). The quantitative estimate of drug-likeness (QED) is 0.937. The molecular formula is C9H8Cl2N6S. The molecule has 94 valence electrons. The molecule has 0 aromatic carbocycles. The van der Waals surface area contributed by atoms with E-state index in [2.05, 4.69) is 20.5 Å². The van der Waals surface area contributed by atoms with Gasteiger partial charge in [0.15, 0.2) is 0 Å². The van der Waals surface area contributed by atoms with Crippen LogP contribution in [0.4, 0.5) is 5.82 Å². The molecule has 6 nitrogen and oxygen atoms in total. The Bertz CT molecular complexity index is 597. The highest BCUT2D eigenvalue weighted by Crippen LogP contribution is 2.39. The van der Waals surface area contributed by atoms with Gasteiger partial charge in [-0.15, -0.1) is 5.10 Å². The minimum atomic E-state index is 0.244. The van der Waals surface area contributed by atoms with Crippen molar-refractivity contribution in [2.75, 3.05) is 5.73 Å². The van der Waals surface area contributed by atoms with E-state index in [1.807, 2.05) is 0 Å². The molecule has 1 aliphatic rings. The minimum Gasteiger partial charge on any atom is -0.382 e. The molecule has 18 heavy (non-hydrogen) atoms. The van der Waals surface area contributed by atoms with Gasteiger partial charge in [-0.3, -0.25) is 0 Å². The Hall–Kier alpha value is -1.05. The average molecular weight is 303 g/mol. The molecule has 1 fully saturated rings. The van der Waals surface area contributed by atoms with E-state index in [0.717, 1.165) is 12.8 Å². The third-order valence-electron chi connectivity index (χ3n) is 2.47. The molecule has 1 aliphatic carbocycles. The van der Waals surface area contributed by atoms with Crippen molar-refractivity contribution in [3.05, 3.63) is 16.1 Å². The molecule has 2 aromatic rings. The Labute approximate surface area is 117 Å². The van der Waals surface area contributed by atoms with Gasteiger partial charge in [-0.05, 0) is 41.1 Å². The topological polar surface area (TPSA) is 82.5 Å². The number of pyridine rings is 1. The summed E-state index contributed by atoms with van der Waals surface area (Å²) >= 11 is 13.2. The molecule has 0 saturated heterocycles. The zero-order valence-corrected chi connectivity index (χ0v) is 11.4. The predicted molar refractivity (Wildman–Crippen MR) is 68.9 cm³/mol. The zero-order chi connectivity index (χ0) is 12.7. The van der Waals surface area contributed by atoms with Crippen molar-refractivity contribution in [1.82, 2.24) is 25.2 Å². The van der Waals surface area contributed by atoms with Crippen LogP contribution in [0.15, 0.2) is 16.2 Å². The van der Waals surface area contributed by atoms with Crippen molar-refractivity contribution < 1.29 is 0 Å². The molecule has 0 atom stereocenters. The van der Waals surface area contributed by atoms with Gasteiger partial charge in [0, 0.05) is 0 Å². The van der Waals surface area contributed by atoms with Gasteiger partial charge >= 0.3 is 0 Å². The van der Waals surface area contributed by atoms with Crippen molar-refractivity contribution in [3.8, 4) is 0 Å². The van der Waals surface area contributed by atoms with Gasteiger partial charge < -0.3 is 5.73 Å². The van der Waals surface area contributed by atoms with Crippen LogP contribution in [0.5, 0.6) is 0 Å². The lowest BCUT2D eigenvalue weighted by Crippen LogP contribution is -1.99. The highest BCUT2D eigenvalue weighted by atomic mass is 35.5. The number of hydrogen-bond donors (Lipinski definition) is 1. The Morgan fingerprint density at radius 3 is 2.83 bits per heavy atom. The summed E-state index contributed by atoms with van der Waals surface area (Å²) in [7, 11) is 0. The molecule has 9 heteroatoms. The Balaban J connectivity index is 1.92. The lowest BCUT2D eigenvalue weighted by Gasteiger charge is -2.05. The lowest BCUT2D eigenvalue weighted by molar-refractivity contribution is 0.565. The standard InChI is InChI=1S/C9H8Cl2N6S/c10-5-3-6(11)8(13-7(5)12)18-9-14-15-16-17(9)4-1-2-4/h3-4H,1-2H2,(H2,12,13). The summed E-state index contributed by atoms with van der Waals surface area (Å²) in [6, 6.07) is 1.96. The first-order valence-corrected chi connectivity index (χ1v) is 6.79. The van der Waals surface area contributed by atoms with E-state index in [4.69, 9.17) is 28.9 Å². The second-order valence-electron chi connectivity index (χ2n) is 3.88. The number of nitrogens with zero attached hydrogens (tertiary/aromatic N) is 5. The van der Waals surface area contributed by atoms with Crippen LogP contribution < -0.4 is 5.73 Å². The van der Waals surface area contributed by atoms with Gasteiger partial charge in [-0.2, -0.15) is 0 Å². The first kappa shape index (κ1) is 12.0. The van der Waals surface area contributed by atoms with Gasteiger partial charge in [0.2, 0.25) is 5.16 Å². The number of rotatable bonds is 3. The maximum atomic E-state index is 6.06. The Morgan fingerprint density at radius 1 is 1.33 bits per heavy atom. The fourth-order valence-corrected chi connectivity index (χ4v) is 2.73. The van der Waals surface area contributed by atoms with Gasteiger partial charge in [0.05, 0.1) is 16.1 Å². The van der Waals surface area contributed by atoms with Crippen molar-refractivity contribution in [3.63, 3.8) is 0 Å². The molecule has 0 bridgehead atoms. The van der Waals surface area contributed by atoms with Gasteiger partial charge in [-0.1, -0.05) is 23.2 Å². The van der Waals surface area contributed by atoms with E-state index in [1.54, 1.807) is 10.7 Å². The number of nitrogen functional groups attached to an aromatic ring is 1. The van der Waals surface area contributed by atoms with Crippen LogP contribution in [0.2, 0.25) is 10.0 Å². The predicted octanol–water partition coefficient (Wildman–Crippen LogP) is 2.44. The highest BCUT2D eigenvalue weighted by Gasteiger charge is 2.28. The fourth-order valence-electron chi connectivity index (χ4n) is 1.42. The molecule has 0 radical (unpaired) electrons. The number of hydrogen-bond acceptors (Lipinski definition) is 6. The SMILES string of the molecule is Nc1nc(Sc2nnnn2C2CC2)c(Cl)cc1Cl. The van der Waals surface area contributed by atoms with Crippen molar-refractivity contribution >= 4 is 40.8 Å². The molecule has 0 aliphatic heterocycles. The normalized spacial score (nSPS) is 15.0. The molecule has 2 N–H and O–H groups in total. The number of nitrogens with two attached hydrogens (primary N) is 1. The molecular weight excluding hydrogens is 295 g/mol. The summed E-state index contributed by atoms with van der Waals surface area (Å²) in [6.07, 6.45) is 2.20. The first-order valence-electron chi connectivity index (χ1n) is 5.22. The van der Waals surface area contributed by atoms with Gasteiger partial charge in [0.25, 0.3) is 0 Å². The summed E-state index contributed by atoms with van der Waals surface area (Å²) in [6.45, 7) is 0. The minimum absolute atomic E-state index is 0.244. The van der Waals surface area contributed by atoms with Crippen LogP contribution >= 0.6 is 35.0 Å². The number of halogens is 2. The van der Waals surface area contributed by atoms with E-state index in [0.29, 0.717) is 26.3 Å². The maximum Gasteiger partial charge on any atom is 0.215 e. The molecule has 0 unspecified atom stereocenters. The van der Waals surface area contributed by atoms with Crippen molar-refractivity contribution in [2.45, 2.75) is 29.1 Å². The number of aromatic nitrogens is 5. The largest absolute Gasteiger partial charge is 0.382 e. The first-order chi connectivity index (χ1) is 8.65. The monoisotopic (exact) mass is 302 g/mol. The highest BCUT2D eigenvalue weighted by molar-refractivity contribution is 7.99. The Kier molecular flexibility index (Phi) is 3.04. The summed E-state index contributed by atoms with van der Waals surface area (Å²) in [4.78, 5) is 4.14. The van der Waals surface area contributed by atoms with E-state index >= 15 is 0 Å². The van der Waals surface area contributed by atoms with Gasteiger partial charge in [0.1, 0.15) is 10.8 Å². The average Bonchev–Trinajstić information content (AvgIpc) is 3.07. The van der Waals surface area contributed by atoms with Crippen molar-refractivity contribution in [2.24, 2.45) is 0 Å². The van der Waals surface area contributed by atoms with Crippen LogP contribution in [0.25, 0.3) is 0 Å². The van der Waals surface area contributed by atoms with Crippen LogP contribution in [0, 0.1) is 0 Å². The van der Waals surface area contributed by atoms with Crippen LogP contribution in [0.1, 0.15) is 18.9 Å². The molecule has 1 saturated carbocycles. The zero-order valence-electron chi connectivity index (χ0n) is 9.05. The second kappa shape index (κ2) is 4.56. The van der Waals surface area contributed by atoms with Crippen LogP contribution in [-0.2, 0) is 0 Å². The second-order valence-corrected chi connectivity index (χ2v) is 5.65. The van der Waals surface area contributed by atoms with Gasteiger partial charge in [-0.25, -0.2) is 9.67 Å².